The van der Waals surface area contributed by atoms with Crippen LogP contribution in [0.1, 0.15) is 12.0 Å². The minimum atomic E-state index is -0.814. The van der Waals surface area contributed by atoms with Gasteiger partial charge in [0.05, 0.1) is 26.2 Å². The first-order valence-corrected chi connectivity index (χ1v) is 6.33. The second kappa shape index (κ2) is 4.92. The first-order valence-electron chi connectivity index (χ1n) is 6.33. The maximum atomic E-state index is 11.4. The lowest BCUT2D eigenvalue weighted by Gasteiger charge is -2.25. The number of carbonyl (C=O) groups is 1. The van der Waals surface area contributed by atoms with Gasteiger partial charge in [-0.25, -0.2) is 0 Å². The largest absolute Gasteiger partial charge is 0.456 e. The minimum Gasteiger partial charge on any atom is -0.456 e. The quantitative estimate of drug-likeness (QED) is 0.809. The SMILES string of the molecule is O=C1C[C@]2(COCc3ccccc3)OC[C@@H](O)[C@@H]2O1. The predicted molar refractivity (Wildman–Crippen MR) is 65.3 cm³/mol. The van der Waals surface area contributed by atoms with Crippen LogP contribution in [0.3, 0.4) is 0 Å². The Hall–Kier alpha value is -1.43. The van der Waals surface area contributed by atoms with Gasteiger partial charge in [0.2, 0.25) is 0 Å². The van der Waals surface area contributed by atoms with E-state index >= 15 is 0 Å². The molecule has 2 aliphatic rings. The summed E-state index contributed by atoms with van der Waals surface area (Å²) in [5, 5.41) is 9.74. The number of rotatable bonds is 4. The van der Waals surface area contributed by atoms with Crippen LogP contribution in [0.2, 0.25) is 0 Å². The molecule has 0 aromatic heterocycles. The summed E-state index contributed by atoms with van der Waals surface area (Å²) in [4.78, 5) is 11.4. The number of esters is 1. The number of hydrogen-bond acceptors (Lipinski definition) is 5. The van der Waals surface area contributed by atoms with Gasteiger partial charge in [0.1, 0.15) is 11.7 Å². The maximum Gasteiger partial charge on any atom is 0.309 e. The van der Waals surface area contributed by atoms with Gasteiger partial charge in [-0.1, -0.05) is 30.3 Å². The molecule has 0 unspecified atom stereocenters. The molecule has 0 amide bonds. The summed E-state index contributed by atoms with van der Waals surface area (Å²) in [6, 6.07) is 9.76. The van der Waals surface area contributed by atoms with E-state index in [0.29, 0.717) is 6.61 Å². The first kappa shape index (κ1) is 12.6. The maximum absolute atomic E-state index is 11.4. The Labute approximate surface area is 111 Å². The van der Waals surface area contributed by atoms with Crippen molar-refractivity contribution in [2.75, 3.05) is 13.2 Å². The highest BCUT2D eigenvalue weighted by Crippen LogP contribution is 2.38. The number of fused-ring (bicyclic) bond motifs is 1. The zero-order chi connectivity index (χ0) is 13.3. The molecule has 5 nitrogen and oxygen atoms in total. The molecule has 0 radical (unpaired) electrons. The van der Waals surface area contributed by atoms with Crippen LogP contribution in [0.25, 0.3) is 0 Å². The van der Waals surface area contributed by atoms with Crippen LogP contribution in [0.15, 0.2) is 30.3 Å². The summed E-state index contributed by atoms with van der Waals surface area (Å²) in [5.74, 6) is -0.341. The zero-order valence-electron chi connectivity index (χ0n) is 10.5. The molecule has 102 valence electrons. The van der Waals surface area contributed by atoms with Gasteiger partial charge in [0.15, 0.2) is 6.10 Å². The summed E-state index contributed by atoms with van der Waals surface area (Å²) >= 11 is 0. The lowest BCUT2D eigenvalue weighted by atomic mass is 9.95. The molecule has 1 aromatic carbocycles. The van der Waals surface area contributed by atoms with Crippen molar-refractivity contribution in [3.8, 4) is 0 Å². The third-order valence-electron chi connectivity index (χ3n) is 3.57. The van der Waals surface area contributed by atoms with Crippen molar-refractivity contribution in [2.24, 2.45) is 0 Å². The van der Waals surface area contributed by atoms with Crippen LogP contribution in [0, 0.1) is 0 Å². The lowest BCUT2D eigenvalue weighted by molar-refractivity contribution is -0.144. The van der Waals surface area contributed by atoms with E-state index in [1.54, 1.807) is 0 Å². The van der Waals surface area contributed by atoms with Gasteiger partial charge < -0.3 is 19.3 Å². The van der Waals surface area contributed by atoms with Gasteiger partial charge in [-0.05, 0) is 5.56 Å². The molecular weight excluding hydrogens is 248 g/mol. The van der Waals surface area contributed by atoms with E-state index in [9.17, 15) is 9.90 Å². The fraction of sp³-hybridized carbons (Fsp3) is 0.500. The number of aliphatic hydroxyl groups is 1. The highest BCUT2D eigenvalue weighted by molar-refractivity contribution is 5.74. The molecule has 1 N–H and O–H groups in total. The van der Waals surface area contributed by atoms with Gasteiger partial charge in [0, 0.05) is 0 Å². The van der Waals surface area contributed by atoms with Gasteiger partial charge in [-0.2, -0.15) is 0 Å². The Kier molecular flexibility index (Phi) is 3.26. The lowest BCUT2D eigenvalue weighted by Crippen LogP contribution is -2.43. The molecular formula is C14H16O5. The summed E-state index contributed by atoms with van der Waals surface area (Å²) in [7, 11) is 0. The molecule has 0 spiro atoms. The third-order valence-corrected chi connectivity index (χ3v) is 3.57. The van der Waals surface area contributed by atoms with Crippen LogP contribution in [-0.2, 0) is 25.6 Å². The van der Waals surface area contributed by atoms with E-state index in [1.807, 2.05) is 30.3 Å². The van der Waals surface area contributed by atoms with E-state index < -0.39 is 17.8 Å². The summed E-state index contributed by atoms with van der Waals surface area (Å²) < 4.78 is 16.3. The Morgan fingerprint density at radius 1 is 1.37 bits per heavy atom. The zero-order valence-corrected chi connectivity index (χ0v) is 10.5. The van der Waals surface area contributed by atoms with Gasteiger partial charge in [0.25, 0.3) is 0 Å². The average Bonchev–Trinajstić information content (AvgIpc) is 2.88. The molecule has 2 heterocycles. The van der Waals surface area contributed by atoms with Gasteiger partial charge >= 0.3 is 5.97 Å². The molecule has 0 saturated carbocycles. The van der Waals surface area contributed by atoms with E-state index in [0.717, 1.165) is 5.56 Å². The van der Waals surface area contributed by atoms with E-state index in [-0.39, 0.29) is 25.6 Å². The average molecular weight is 264 g/mol. The standard InChI is InChI=1S/C14H16O5/c15-11-8-18-14(6-12(16)19-13(11)14)9-17-7-10-4-2-1-3-5-10/h1-5,11,13,15H,6-9H2/t11-,13+,14-/m1/s1. The van der Waals surface area contributed by atoms with E-state index in [4.69, 9.17) is 14.2 Å². The van der Waals surface area contributed by atoms with Crippen LogP contribution in [0.4, 0.5) is 0 Å². The molecule has 3 atom stereocenters. The number of carbonyl (C=O) groups excluding carboxylic acids is 1. The first-order chi connectivity index (χ1) is 9.20. The number of hydrogen-bond donors (Lipinski definition) is 1. The summed E-state index contributed by atoms with van der Waals surface area (Å²) in [6.45, 7) is 0.880. The smallest absolute Gasteiger partial charge is 0.309 e. The molecule has 3 rings (SSSR count). The normalized spacial score (nSPS) is 33.2. The fourth-order valence-electron chi connectivity index (χ4n) is 2.63. The molecule has 2 saturated heterocycles. The fourth-order valence-corrected chi connectivity index (χ4v) is 2.63. The van der Waals surface area contributed by atoms with Gasteiger partial charge in [-0.3, -0.25) is 4.79 Å². The van der Waals surface area contributed by atoms with Crippen molar-refractivity contribution in [3.05, 3.63) is 35.9 Å². The number of ether oxygens (including phenoxy) is 3. The number of aliphatic hydroxyl groups excluding tert-OH is 1. The topological polar surface area (TPSA) is 65.0 Å². The second-order valence-electron chi connectivity index (χ2n) is 5.01. The Morgan fingerprint density at radius 3 is 2.95 bits per heavy atom. The second-order valence-corrected chi connectivity index (χ2v) is 5.01. The van der Waals surface area contributed by atoms with E-state index in [2.05, 4.69) is 0 Å². The molecule has 19 heavy (non-hydrogen) atoms. The van der Waals surface area contributed by atoms with Crippen LogP contribution in [0.5, 0.6) is 0 Å². The minimum absolute atomic E-state index is 0.142. The molecule has 2 fully saturated rings. The molecule has 5 heteroatoms. The Bertz CT molecular complexity index is 460. The Morgan fingerprint density at radius 2 is 2.16 bits per heavy atom. The van der Waals surface area contributed by atoms with Crippen LogP contribution < -0.4 is 0 Å². The van der Waals surface area contributed by atoms with E-state index in [1.165, 1.54) is 0 Å². The predicted octanol–water partition coefficient (Wildman–Crippen LogP) is 0.649. The van der Waals surface area contributed by atoms with Crippen LogP contribution in [-0.4, -0.2) is 42.1 Å². The van der Waals surface area contributed by atoms with Crippen molar-refractivity contribution in [1.82, 2.24) is 0 Å². The highest BCUT2D eigenvalue weighted by Gasteiger charge is 2.58. The van der Waals surface area contributed by atoms with Crippen molar-refractivity contribution in [3.63, 3.8) is 0 Å². The van der Waals surface area contributed by atoms with Crippen molar-refractivity contribution in [1.29, 1.82) is 0 Å². The molecule has 1 aromatic rings. The monoisotopic (exact) mass is 264 g/mol. The van der Waals surface area contributed by atoms with Crippen LogP contribution >= 0.6 is 0 Å². The van der Waals surface area contributed by atoms with Gasteiger partial charge in [-0.15, -0.1) is 0 Å². The summed E-state index contributed by atoms with van der Waals surface area (Å²) in [6.07, 6.45) is -1.22. The molecule has 0 aliphatic carbocycles. The van der Waals surface area contributed by atoms with Crippen molar-refractivity contribution < 1.29 is 24.1 Å². The Balaban J connectivity index is 1.61. The third kappa shape index (κ3) is 2.36. The highest BCUT2D eigenvalue weighted by atomic mass is 16.6. The number of benzene rings is 1. The van der Waals surface area contributed by atoms with Crippen molar-refractivity contribution >= 4 is 5.97 Å². The molecule has 2 aliphatic heterocycles. The summed E-state index contributed by atoms with van der Waals surface area (Å²) in [5.41, 5.74) is 0.241. The molecule has 0 bridgehead atoms. The van der Waals surface area contributed by atoms with Crippen molar-refractivity contribution in [2.45, 2.75) is 30.8 Å².